The number of terminal acetylenes is 1. The molecular formula is C18H16N2O2S2. The van der Waals surface area contributed by atoms with Crippen molar-refractivity contribution in [1.29, 1.82) is 0 Å². The number of aryl methyl sites for hydroxylation is 1. The van der Waals surface area contributed by atoms with Crippen molar-refractivity contribution in [3.8, 4) is 12.3 Å². The SMILES string of the molecule is C#CCn1c(=NS(=O)(=O)c2ccccc2)sc2cc(CC)ccc21. The van der Waals surface area contributed by atoms with Crippen molar-refractivity contribution in [2.24, 2.45) is 4.40 Å². The van der Waals surface area contributed by atoms with Crippen LogP contribution in [0.15, 0.2) is 57.8 Å². The normalized spacial score (nSPS) is 12.4. The predicted octanol–water partition coefficient (Wildman–Crippen LogP) is 3.19. The van der Waals surface area contributed by atoms with Crippen LogP contribution >= 0.6 is 11.3 Å². The fraction of sp³-hybridized carbons (Fsp3) is 0.167. The van der Waals surface area contributed by atoms with Crippen LogP contribution in [0.5, 0.6) is 0 Å². The van der Waals surface area contributed by atoms with Gasteiger partial charge in [0.1, 0.15) is 0 Å². The zero-order valence-corrected chi connectivity index (χ0v) is 14.8. The fourth-order valence-electron chi connectivity index (χ4n) is 2.40. The smallest absolute Gasteiger partial charge is 0.285 e. The third-order valence-corrected chi connectivity index (χ3v) is 6.08. The minimum atomic E-state index is -3.77. The minimum Gasteiger partial charge on any atom is -0.304 e. The molecule has 24 heavy (non-hydrogen) atoms. The number of hydrogen-bond donors (Lipinski definition) is 0. The standard InChI is InChI=1S/C18H16N2O2S2/c1-3-12-20-16-11-10-14(4-2)13-17(16)23-18(20)19-24(21,22)15-8-6-5-7-9-15/h1,5-11,13H,4,12H2,2H3. The lowest BCUT2D eigenvalue weighted by Gasteiger charge is -2.01. The number of benzene rings is 2. The van der Waals surface area contributed by atoms with Crippen LogP contribution in [0.3, 0.4) is 0 Å². The van der Waals surface area contributed by atoms with E-state index in [1.165, 1.54) is 29.0 Å². The quantitative estimate of drug-likeness (QED) is 0.674. The second-order valence-electron chi connectivity index (χ2n) is 5.21. The van der Waals surface area contributed by atoms with Gasteiger partial charge >= 0.3 is 0 Å². The van der Waals surface area contributed by atoms with Gasteiger partial charge in [-0.3, -0.25) is 0 Å². The molecule has 6 heteroatoms. The molecule has 0 saturated heterocycles. The van der Waals surface area contributed by atoms with Gasteiger partial charge in [0.15, 0.2) is 0 Å². The largest absolute Gasteiger partial charge is 0.304 e. The van der Waals surface area contributed by atoms with Gasteiger partial charge < -0.3 is 4.57 Å². The molecule has 2 aromatic carbocycles. The summed E-state index contributed by atoms with van der Waals surface area (Å²) in [5.41, 5.74) is 2.09. The number of aromatic nitrogens is 1. The van der Waals surface area contributed by atoms with Gasteiger partial charge in [-0.25, -0.2) is 0 Å². The van der Waals surface area contributed by atoms with Crippen LogP contribution in [0.25, 0.3) is 10.2 Å². The van der Waals surface area contributed by atoms with E-state index in [0.29, 0.717) is 4.80 Å². The molecule has 0 amide bonds. The van der Waals surface area contributed by atoms with Crippen molar-refractivity contribution in [3.05, 3.63) is 58.9 Å². The number of hydrogen-bond acceptors (Lipinski definition) is 3. The van der Waals surface area contributed by atoms with Crippen molar-refractivity contribution in [2.75, 3.05) is 0 Å². The number of sulfonamides is 1. The van der Waals surface area contributed by atoms with Crippen LogP contribution in [0.2, 0.25) is 0 Å². The van der Waals surface area contributed by atoms with E-state index in [1.54, 1.807) is 22.8 Å². The zero-order valence-electron chi connectivity index (χ0n) is 13.1. The molecule has 0 aliphatic heterocycles. The summed E-state index contributed by atoms with van der Waals surface area (Å²) in [5, 5.41) is 0. The van der Waals surface area contributed by atoms with E-state index in [9.17, 15) is 8.42 Å². The van der Waals surface area contributed by atoms with Crippen LogP contribution in [-0.4, -0.2) is 13.0 Å². The predicted molar refractivity (Wildman–Crippen MR) is 97.2 cm³/mol. The fourth-order valence-corrected chi connectivity index (χ4v) is 4.72. The molecule has 0 unspecified atom stereocenters. The van der Waals surface area contributed by atoms with Gasteiger partial charge in [0.05, 0.1) is 21.7 Å². The van der Waals surface area contributed by atoms with Gasteiger partial charge in [-0.1, -0.05) is 48.4 Å². The van der Waals surface area contributed by atoms with Crippen molar-refractivity contribution in [3.63, 3.8) is 0 Å². The summed E-state index contributed by atoms with van der Waals surface area (Å²) >= 11 is 1.34. The van der Waals surface area contributed by atoms with E-state index < -0.39 is 10.0 Å². The highest BCUT2D eigenvalue weighted by Gasteiger charge is 2.14. The number of thiazole rings is 1. The Morgan fingerprint density at radius 3 is 2.62 bits per heavy atom. The van der Waals surface area contributed by atoms with Gasteiger partial charge in [-0.2, -0.15) is 8.42 Å². The molecule has 122 valence electrons. The third kappa shape index (κ3) is 3.14. The molecule has 3 aromatic rings. The summed E-state index contributed by atoms with van der Waals surface area (Å²) in [7, 11) is -3.77. The van der Waals surface area contributed by atoms with Gasteiger partial charge in [0.25, 0.3) is 10.0 Å². The van der Waals surface area contributed by atoms with Crippen molar-refractivity contribution >= 4 is 31.6 Å². The monoisotopic (exact) mass is 356 g/mol. The molecule has 0 fully saturated rings. The van der Waals surface area contributed by atoms with E-state index in [2.05, 4.69) is 23.3 Å². The van der Waals surface area contributed by atoms with Crippen LogP contribution < -0.4 is 4.80 Å². The lowest BCUT2D eigenvalue weighted by atomic mass is 10.2. The summed E-state index contributed by atoms with van der Waals surface area (Å²) < 4.78 is 31.8. The highest BCUT2D eigenvalue weighted by Crippen LogP contribution is 2.20. The topological polar surface area (TPSA) is 51.4 Å². The molecule has 0 saturated carbocycles. The molecule has 1 heterocycles. The average molecular weight is 356 g/mol. The van der Waals surface area contributed by atoms with Crippen molar-refractivity contribution in [1.82, 2.24) is 4.57 Å². The first-order chi connectivity index (χ1) is 11.5. The molecule has 4 nitrogen and oxygen atoms in total. The Balaban J connectivity index is 2.25. The van der Waals surface area contributed by atoms with Gasteiger partial charge in [0, 0.05) is 0 Å². The molecule has 0 aliphatic rings. The molecule has 3 rings (SSSR count). The number of nitrogens with zero attached hydrogens (tertiary/aromatic N) is 2. The summed E-state index contributed by atoms with van der Waals surface area (Å²) in [4.78, 5) is 0.559. The number of rotatable bonds is 4. The lowest BCUT2D eigenvalue weighted by molar-refractivity contribution is 0.596. The Morgan fingerprint density at radius 1 is 1.21 bits per heavy atom. The zero-order chi connectivity index (χ0) is 17.2. The highest BCUT2D eigenvalue weighted by molar-refractivity contribution is 7.90. The van der Waals surface area contributed by atoms with Crippen molar-refractivity contribution < 1.29 is 8.42 Å². The molecular weight excluding hydrogens is 340 g/mol. The summed E-state index contributed by atoms with van der Waals surface area (Å²) in [5.74, 6) is 2.57. The molecule has 0 N–H and O–H groups in total. The molecule has 0 spiro atoms. The Bertz CT molecular complexity index is 1090. The van der Waals surface area contributed by atoms with Crippen LogP contribution in [0, 0.1) is 12.3 Å². The summed E-state index contributed by atoms with van der Waals surface area (Å²) in [6.45, 7) is 2.35. The Labute approximate surface area is 145 Å². The van der Waals surface area contributed by atoms with E-state index in [1.807, 2.05) is 12.1 Å². The first-order valence-electron chi connectivity index (χ1n) is 7.47. The molecule has 0 atom stereocenters. The first-order valence-corrected chi connectivity index (χ1v) is 9.72. The van der Waals surface area contributed by atoms with E-state index in [0.717, 1.165) is 16.6 Å². The summed E-state index contributed by atoms with van der Waals surface area (Å²) in [6, 6.07) is 14.2. The second-order valence-corrected chi connectivity index (χ2v) is 7.82. The second kappa shape index (κ2) is 6.63. The Kier molecular flexibility index (Phi) is 4.56. The van der Waals surface area contributed by atoms with Crippen molar-refractivity contribution in [2.45, 2.75) is 24.8 Å². The van der Waals surface area contributed by atoms with Crippen LogP contribution in [0.1, 0.15) is 12.5 Å². The maximum Gasteiger partial charge on any atom is 0.285 e. The average Bonchev–Trinajstić information content (AvgIpc) is 2.92. The third-order valence-electron chi connectivity index (χ3n) is 3.64. The van der Waals surface area contributed by atoms with Gasteiger partial charge in [-0.15, -0.1) is 10.8 Å². The molecule has 1 aromatic heterocycles. The van der Waals surface area contributed by atoms with Gasteiger partial charge in [0.2, 0.25) is 4.80 Å². The van der Waals surface area contributed by atoms with Crippen LogP contribution in [-0.2, 0) is 23.0 Å². The van der Waals surface area contributed by atoms with E-state index in [4.69, 9.17) is 6.42 Å². The first kappa shape index (κ1) is 16.5. The maximum absolute atomic E-state index is 12.5. The Hall–Kier alpha value is -2.36. The maximum atomic E-state index is 12.5. The van der Waals surface area contributed by atoms with Crippen LogP contribution in [0.4, 0.5) is 0 Å². The van der Waals surface area contributed by atoms with E-state index >= 15 is 0 Å². The molecule has 0 aliphatic carbocycles. The minimum absolute atomic E-state index is 0.170. The molecule has 0 bridgehead atoms. The van der Waals surface area contributed by atoms with Gasteiger partial charge in [-0.05, 0) is 36.2 Å². The summed E-state index contributed by atoms with van der Waals surface area (Å²) in [6.07, 6.45) is 6.37. The Morgan fingerprint density at radius 2 is 1.96 bits per heavy atom. The lowest BCUT2D eigenvalue weighted by Crippen LogP contribution is -2.16. The highest BCUT2D eigenvalue weighted by atomic mass is 32.2. The molecule has 0 radical (unpaired) electrons. The van der Waals surface area contributed by atoms with E-state index in [-0.39, 0.29) is 11.4 Å². The number of fused-ring (bicyclic) bond motifs is 1.